The monoisotopic (exact) mass is 402 g/mol. The molecule has 6 heterocycles. The molecule has 9 heteroatoms. The molecular formula is C21H22N8O. The van der Waals surface area contributed by atoms with Gasteiger partial charge in [0, 0.05) is 37.9 Å². The molecule has 4 aromatic heterocycles. The smallest absolute Gasteiger partial charge is 0.258 e. The Hall–Kier alpha value is -3.33. The van der Waals surface area contributed by atoms with Gasteiger partial charge in [0.1, 0.15) is 17.2 Å². The fourth-order valence-corrected chi connectivity index (χ4v) is 4.66. The van der Waals surface area contributed by atoms with Crippen LogP contribution >= 0.6 is 0 Å². The molecule has 2 aliphatic rings. The van der Waals surface area contributed by atoms with Crippen LogP contribution in [0, 0.1) is 6.92 Å². The van der Waals surface area contributed by atoms with Crippen LogP contribution in [0.1, 0.15) is 18.7 Å². The predicted molar refractivity (Wildman–Crippen MR) is 113 cm³/mol. The Morgan fingerprint density at radius 1 is 0.967 bits per heavy atom. The minimum Gasteiger partial charge on any atom is -0.367 e. The van der Waals surface area contributed by atoms with Crippen molar-refractivity contribution >= 4 is 17.0 Å². The topological polar surface area (TPSA) is 83.9 Å². The van der Waals surface area contributed by atoms with E-state index in [2.05, 4.69) is 36.0 Å². The molecule has 1 atom stereocenters. The molecule has 4 aromatic rings. The lowest BCUT2D eigenvalue weighted by Gasteiger charge is -2.38. The number of hydrogen-bond donors (Lipinski definition) is 0. The lowest BCUT2D eigenvalue weighted by molar-refractivity contribution is 0.231. The molecule has 0 aliphatic carbocycles. The molecule has 2 aliphatic heterocycles. The quantitative estimate of drug-likeness (QED) is 0.501. The Kier molecular flexibility index (Phi) is 3.85. The largest absolute Gasteiger partial charge is 0.367 e. The molecule has 0 aromatic carbocycles. The fourth-order valence-electron chi connectivity index (χ4n) is 4.66. The lowest BCUT2D eigenvalue weighted by Crippen LogP contribution is -2.50. The number of aryl methyl sites for hydroxylation is 1. The number of rotatable bonds is 2. The standard InChI is InChI=1S/C21H22N8O/c1-14-22-20-7-5-17(25-29(20)24-14)18-11-21(30)28-13-16(4-6-19(28)23-18)27-10-9-26-8-2-3-15(26)12-27/h4-7,11,13,15H,2-3,8-10,12H2,1H3. The van der Waals surface area contributed by atoms with Gasteiger partial charge in [-0.25, -0.2) is 9.97 Å². The van der Waals surface area contributed by atoms with E-state index in [1.54, 1.807) is 4.40 Å². The van der Waals surface area contributed by atoms with Gasteiger partial charge in [-0.1, -0.05) is 0 Å². The number of piperazine rings is 1. The minimum atomic E-state index is -0.118. The van der Waals surface area contributed by atoms with Crippen LogP contribution in [0.2, 0.25) is 0 Å². The van der Waals surface area contributed by atoms with Gasteiger partial charge in [-0.3, -0.25) is 14.1 Å². The van der Waals surface area contributed by atoms with E-state index in [-0.39, 0.29) is 5.56 Å². The Balaban J connectivity index is 1.36. The van der Waals surface area contributed by atoms with Crippen molar-refractivity contribution in [1.29, 1.82) is 0 Å². The highest BCUT2D eigenvalue weighted by atomic mass is 16.1. The Morgan fingerprint density at radius 2 is 1.87 bits per heavy atom. The van der Waals surface area contributed by atoms with Crippen LogP contribution < -0.4 is 10.5 Å². The van der Waals surface area contributed by atoms with Crippen LogP contribution in [0.5, 0.6) is 0 Å². The van der Waals surface area contributed by atoms with Crippen molar-refractivity contribution in [3.63, 3.8) is 0 Å². The van der Waals surface area contributed by atoms with Crippen LogP contribution in [0.15, 0.2) is 41.3 Å². The van der Waals surface area contributed by atoms with Gasteiger partial charge < -0.3 is 4.90 Å². The van der Waals surface area contributed by atoms with Crippen molar-refractivity contribution in [2.75, 3.05) is 31.1 Å². The highest BCUT2D eigenvalue weighted by Gasteiger charge is 2.30. The van der Waals surface area contributed by atoms with Crippen molar-refractivity contribution in [3.8, 4) is 11.4 Å². The molecule has 9 nitrogen and oxygen atoms in total. The summed E-state index contributed by atoms with van der Waals surface area (Å²) in [4.78, 5) is 26.8. The summed E-state index contributed by atoms with van der Waals surface area (Å²) in [7, 11) is 0. The molecule has 0 N–H and O–H groups in total. The molecule has 0 bridgehead atoms. The van der Waals surface area contributed by atoms with Gasteiger partial charge >= 0.3 is 0 Å². The molecule has 1 unspecified atom stereocenters. The third kappa shape index (κ3) is 2.85. The van der Waals surface area contributed by atoms with Crippen molar-refractivity contribution in [3.05, 3.63) is 52.7 Å². The minimum absolute atomic E-state index is 0.118. The van der Waals surface area contributed by atoms with E-state index in [0.29, 0.717) is 34.5 Å². The molecule has 2 saturated heterocycles. The summed E-state index contributed by atoms with van der Waals surface area (Å²) in [6.07, 6.45) is 4.46. The van der Waals surface area contributed by atoms with E-state index in [9.17, 15) is 4.79 Å². The first-order valence-electron chi connectivity index (χ1n) is 10.4. The average Bonchev–Trinajstić information content (AvgIpc) is 3.37. The van der Waals surface area contributed by atoms with Gasteiger partial charge in [0.2, 0.25) is 0 Å². The van der Waals surface area contributed by atoms with Crippen molar-refractivity contribution in [2.45, 2.75) is 25.8 Å². The molecule has 0 saturated carbocycles. The molecular weight excluding hydrogens is 380 g/mol. The number of nitrogens with zero attached hydrogens (tertiary/aromatic N) is 8. The van der Waals surface area contributed by atoms with E-state index in [1.165, 1.54) is 30.1 Å². The summed E-state index contributed by atoms with van der Waals surface area (Å²) in [5, 5.41) is 8.70. The van der Waals surface area contributed by atoms with E-state index in [0.717, 1.165) is 25.3 Å². The van der Waals surface area contributed by atoms with Gasteiger partial charge in [-0.2, -0.15) is 0 Å². The molecule has 0 spiro atoms. The van der Waals surface area contributed by atoms with Gasteiger partial charge in [0.05, 0.1) is 11.4 Å². The lowest BCUT2D eigenvalue weighted by atomic mass is 10.1. The van der Waals surface area contributed by atoms with Gasteiger partial charge in [0.15, 0.2) is 5.65 Å². The Morgan fingerprint density at radius 3 is 2.80 bits per heavy atom. The zero-order valence-electron chi connectivity index (χ0n) is 16.8. The molecule has 2 fully saturated rings. The third-order valence-electron chi connectivity index (χ3n) is 6.17. The predicted octanol–water partition coefficient (Wildman–Crippen LogP) is 1.39. The SMILES string of the molecule is Cc1nc2ccc(-c3cc(=O)n4cc(N5CCN6CCCC6C5)ccc4n3)nn2n1. The van der Waals surface area contributed by atoms with Gasteiger partial charge in [0.25, 0.3) is 5.56 Å². The maximum atomic E-state index is 12.9. The number of hydrogen-bond acceptors (Lipinski definition) is 7. The Bertz CT molecular complexity index is 1330. The number of pyridine rings is 1. The number of anilines is 1. The fraction of sp³-hybridized carbons (Fsp3) is 0.381. The third-order valence-corrected chi connectivity index (χ3v) is 6.17. The van der Waals surface area contributed by atoms with Gasteiger partial charge in [-0.05, 0) is 50.6 Å². The highest BCUT2D eigenvalue weighted by molar-refractivity contribution is 5.60. The molecule has 152 valence electrons. The van der Waals surface area contributed by atoms with E-state index >= 15 is 0 Å². The molecule has 0 radical (unpaired) electrons. The summed E-state index contributed by atoms with van der Waals surface area (Å²) >= 11 is 0. The van der Waals surface area contributed by atoms with E-state index in [1.807, 2.05) is 31.3 Å². The zero-order chi connectivity index (χ0) is 20.2. The summed E-state index contributed by atoms with van der Waals surface area (Å²) in [6.45, 7) is 6.14. The first-order valence-corrected chi connectivity index (χ1v) is 10.4. The first kappa shape index (κ1) is 17.5. The maximum absolute atomic E-state index is 12.9. The normalized spacial score (nSPS) is 19.6. The molecule has 6 rings (SSSR count). The second-order valence-electron chi connectivity index (χ2n) is 8.10. The summed E-state index contributed by atoms with van der Waals surface area (Å²) in [5.41, 5.74) is 3.35. The number of fused-ring (bicyclic) bond motifs is 3. The first-order chi connectivity index (χ1) is 14.6. The molecule has 0 amide bonds. The second kappa shape index (κ2) is 6.60. The van der Waals surface area contributed by atoms with Crippen LogP contribution in [0.25, 0.3) is 22.7 Å². The van der Waals surface area contributed by atoms with E-state index < -0.39 is 0 Å². The molecule has 30 heavy (non-hydrogen) atoms. The summed E-state index contributed by atoms with van der Waals surface area (Å²) in [5.74, 6) is 0.650. The van der Waals surface area contributed by atoms with Crippen LogP contribution in [0.4, 0.5) is 5.69 Å². The van der Waals surface area contributed by atoms with Crippen LogP contribution in [-0.4, -0.2) is 66.3 Å². The average molecular weight is 402 g/mol. The van der Waals surface area contributed by atoms with Crippen molar-refractivity contribution < 1.29 is 0 Å². The van der Waals surface area contributed by atoms with Crippen molar-refractivity contribution in [1.82, 2.24) is 34.1 Å². The van der Waals surface area contributed by atoms with Gasteiger partial charge in [-0.15, -0.1) is 14.8 Å². The van der Waals surface area contributed by atoms with Crippen LogP contribution in [0.3, 0.4) is 0 Å². The Labute approximate surface area is 172 Å². The maximum Gasteiger partial charge on any atom is 0.258 e. The van der Waals surface area contributed by atoms with Crippen LogP contribution in [-0.2, 0) is 0 Å². The zero-order valence-corrected chi connectivity index (χ0v) is 16.8. The number of aromatic nitrogens is 6. The van der Waals surface area contributed by atoms with Crippen molar-refractivity contribution in [2.24, 2.45) is 0 Å². The second-order valence-corrected chi connectivity index (χ2v) is 8.10. The van der Waals surface area contributed by atoms with E-state index in [4.69, 9.17) is 0 Å². The summed E-state index contributed by atoms with van der Waals surface area (Å²) in [6, 6.07) is 9.79. The summed E-state index contributed by atoms with van der Waals surface area (Å²) < 4.78 is 3.10. The highest BCUT2D eigenvalue weighted by Crippen LogP contribution is 2.25.